The number of rotatable bonds is 6. The maximum absolute atomic E-state index is 11.9. The molecule has 2 heterocycles. The molecule has 1 aromatic carbocycles. The first-order valence-electron chi connectivity index (χ1n) is 7.06. The van der Waals surface area contributed by atoms with E-state index in [9.17, 15) is 13.2 Å². The summed E-state index contributed by atoms with van der Waals surface area (Å²) >= 11 is 1.21. The lowest BCUT2D eigenvalue weighted by Gasteiger charge is -2.03. The van der Waals surface area contributed by atoms with Crippen molar-refractivity contribution in [1.29, 1.82) is 0 Å². The predicted octanol–water partition coefficient (Wildman–Crippen LogP) is 2.79. The number of oxazole rings is 1. The van der Waals surface area contributed by atoms with Crippen molar-refractivity contribution in [2.75, 3.05) is 10.5 Å². The van der Waals surface area contributed by atoms with Crippen LogP contribution in [0.2, 0.25) is 0 Å². The van der Waals surface area contributed by atoms with Gasteiger partial charge in [0.25, 0.3) is 0 Å². The van der Waals surface area contributed by atoms with Gasteiger partial charge < -0.3 is 4.42 Å². The zero-order valence-electron chi connectivity index (χ0n) is 12.3. The molecule has 0 radical (unpaired) electrons. The van der Waals surface area contributed by atoms with Crippen LogP contribution in [0.3, 0.4) is 0 Å². The molecule has 23 heavy (non-hydrogen) atoms. The monoisotopic (exact) mass is 353 g/mol. The van der Waals surface area contributed by atoms with Gasteiger partial charge in [0.2, 0.25) is 10.0 Å². The smallest absolute Gasteiger partial charge is 0.408 e. The van der Waals surface area contributed by atoms with Crippen molar-refractivity contribution in [3.8, 4) is 11.3 Å². The summed E-state index contributed by atoms with van der Waals surface area (Å²) in [6, 6.07) is 5.20. The number of unbranched alkanes of at least 4 members (excludes halogenated alkanes) is 1. The minimum Gasteiger partial charge on any atom is -0.408 e. The van der Waals surface area contributed by atoms with Crippen LogP contribution in [0.1, 0.15) is 19.8 Å². The molecule has 0 aliphatic carbocycles. The van der Waals surface area contributed by atoms with Crippen LogP contribution < -0.4 is 10.5 Å². The number of thiazole rings is 1. The van der Waals surface area contributed by atoms with Crippen molar-refractivity contribution in [2.45, 2.75) is 19.8 Å². The molecule has 0 amide bonds. The average Bonchev–Trinajstić information content (AvgIpc) is 3.09. The van der Waals surface area contributed by atoms with Gasteiger partial charge in [-0.3, -0.25) is 9.71 Å². The maximum atomic E-state index is 11.9. The number of nitrogens with zero attached hydrogens (tertiary/aromatic N) is 1. The highest BCUT2D eigenvalue weighted by Crippen LogP contribution is 2.27. The van der Waals surface area contributed by atoms with Crippen LogP contribution in [0.4, 0.5) is 5.13 Å². The Bertz CT molecular complexity index is 985. The van der Waals surface area contributed by atoms with Crippen LogP contribution in [-0.4, -0.2) is 24.1 Å². The molecule has 0 saturated carbocycles. The number of H-pyrrole nitrogens is 1. The molecule has 0 spiro atoms. The van der Waals surface area contributed by atoms with E-state index in [1.54, 1.807) is 23.6 Å². The summed E-state index contributed by atoms with van der Waals surface area (Å²) in [5.41, 5.74) is 2.41. The van der Waals surface area contributed by atoms with Gasteiger partial charge in [-0.1, -0.05) is 19.4 Å². The number of aromatic nitrogens is 2. The number of hydrogen-bond donors (Lipinski definition) is 2. The Morgan fingerprint density at radius 3 is 3.00 bits per heavy atom. The first kappa shape index (κ1) is 15.8. The molecule has 0 aliphatic rings. The van der Waals surface area contributed by atoms with Gasteiger partial charge in [-0.05, 0) is 18.6 Å². The van der Waals surface area contributed by atoms with E-state index in [-0.39, 0.29) is 5.75 Å². The fourth-order valence-electron chi connectivity index (χ4n) is 2.08. The van der Waals surface area contributed by atoms with E-state index in [1.807, 2.05) is 6.92 Å². The molecular weight excluding hydrogens is 338 g/mol. The number of sulfonamides is 1. The van der Waals surface area contributed by atoms with E-state index in [0.717, 1.165) is 12.0 Å². The summed E-state index contributed by atoms with van der Waals surface area (Å²) in [6.07, 6.45) is 1.42. The number of fused-ring (bicyclic) bond motifs is 1. The second-order valence-electron chi connectivity index (χ2n) is 5.04. The largest absolute Gasteiger partial charge is 0.417 e. The molecule has 0 atom stereocenters. The highest BCUT2D eigenvalue weighted by molar-refractivity contribution is 7.92. The summed E-state index contributed by atoms with van der Waals surface area (Å²) in [7, 11) is -3.36. The van der Waals surface area contributed by atoms with Crippen molar-refractivity contribution >= 4 is 37.6 Å². The minimum atomic E-state index is -3.36. The van der Waals surface area contributed by atoms with E-state index in [1.165, 1.54) is 11.3 Å². The fourth-order valence-corrected chi connectivity index (χ4v) is 4.30. The van der Waals surface area contributed by atoms with Crippen LogP contribution in [0.15, 0.2) is 32.8 Å². The van der Waals surface area contributed by atoms with Crippen molar-refractivity contribution in [3.05, 3.63) is 34.1 Å². The highest BCUT2D eigenvalue weighted by Gasteiger charge is 2.13. The lowest BCUT2D eigenvalue weighted by atomic mass is 10.1. The molecule has 2 aromatic heterocycles. The second kappa shape index (κ2) is 6.17. The van der Waals surface area contributed by atoms with Crippen LogP contribution in [0.25, 0.3) is 22.4 Å². The normalized spacial score (nSPS) is 11.9. The number of hydrogen-bond acceptors (Lipinski definition) is 6. The second-order valence-corrected chi connectivity index (χ2v) is 7.74. The summed E-state index contributed by atoms with van der Waals surface area (Å²) in [5.74, 6) is -0.432. The Balaban J connectivity index is 1.84. The van der Waals surface area contributed by atoms with E-state index in [4.69, 9.17) is 4.42 Å². The molecule has 0 aliphatic heterocycles. The van der Waals surface area contributed by atoms with E-state index in [0.29, 0.717) is 28.3 Å². The SMILES string of the molecule is CCCCS(=O)(=O)Nc1nc(-c2ccc3[nH]c(=O)oc3c2)cs1. The molecule has 0 fully saturated rings. The molecular formula is C14H15N3O4S2. The maximum Gasteiger partial charge on any atom is 0.417 e. The van der Waals surface area contributed by atoms with Crippen molar-refractivity contribution in [2.24, 2.45) is 0 Å². The quantitative estimate of drug-likeness (QED) is 0.709. The fraction of sp³-hybridized carbons (Fsp3) is 0.286. The minimum absolute atomic E-state index is 0.0822. The van der Waals surface area contributed by atoms with Gasteiger partial charge >= 0.3 is 5.76 Å². The third-order valence-electron chi connectivity index (χ3n) is 3.23. The molecule has 2 N–H and O–H groups in total. The van der Waals surface area contributed by atoms with Crippen molar-refractivity contribution < 1.29 is 12.8 Å². The van der Waals surface area contributed by atoms with E-state index < -0.39 is 15.8 Å². The van der Waals surface area contributed by atoms with E-state index in [2.05, 4.69) is 14.7 Å². The Hall–Kier alpha value is -2.13. The van der Waals surface area contributed by atoms with Gasteiger partial charge in [-0.25, -0.2) is 18.2 Å². The zero-order valence-corrected chi connectivity index (χ0v) is 14.0. The topological polar surface area (TPSA) is 105 Å². The number of aromatic amines is 1. The standard InChI is InChI=1S/C14H15N3O4S2/c1-2-3-6-23(19,20)17-13-15-11(8-22-13)9-4-5-10-12(7-9)21-14(18)16-10/h4-5,7-8H,2-3,6H2,1H3,(H,15,17)(H,16,18). The van der Waals surface area contributed by atoms with Crippen LogP contribution in [0, 0.1) is 0 Å². The summed E-state index contributed by atoms with van der Waals surface area (Å²) in [5, 5.41) is 2.08. The van der Waals surface area contributed by atoms with Crippen molar-refractivity contribution in [1.82, 2.24) is 9.97 Å². The van der Waals surface area contributed by atoms with Gasteiger partial charge in [0.1, 0.15) is 0 Å². The van der Waals surface area contributed by atoms with Gasteiger partial charge in [-0.2, -0.15) is 0 Å². The Kier molecular flexibility index (Phi) is 4.22. The van der Waals surface area contributed by atoms with Crippen LogP contribution >= 0.6 is 11.3 Å². The first-order chi connectivity index (χ1) is 11.0. The highest BCUT2D eigenvalue weighted by atomic mass is 32.2. The summed E-state index contributed by atoms with van der Waals surface area (Å²) in [6.45, 7) is 1.94. The molecule has 0 bridgehead atoms. The Morgan fingerprint density at radius 2 is 2.22 bits per heavy atom. The lowest BCUT2D eigenvalue weighted by Crippen LogP contribution is -2.16. The molecule has 0 saturated heterocycles. The molecule has 7 nitrogen and oxygen atoms in total. The predicted molar refractivity (Wildman–Crippen MR) is 90.3 cm³/mol. The average molecular weight is 353 g/mol. The van der Waals surface area contributed by atoms with Crippen LogP contribution in [-0.2, 0) is 10.0 Å². The number of benzene rings is 1. The van der Waals surface area contributed by atoms with Gasteiger partial charge in [0.05, 0.1) is 17.0 Å². The summed E-state index contributed by atoms with van der Waals surface area (Å²) in [4.78, 5) is 18.0. The number of nitrogens with one attached hydrogen (secondary N) is 2. The Labute approximate surface area is 136 Å². The summed E-state index contributed by atoms with van der Waals surface area (Å²) < 4.78 is 31.3. The molecule has 3 aromatic rings. The van der Waals surface area contributed by atoms with E-state index >= 15 is 0 Å². The molecule has 3 rings (SSSR count). The number of anilines is 1. The Morgan fingerprint density at radius 1 is 1.39 bits per heavy atom. The van der Waals surface area contributed by atoms with Crippen LogP contribution in [0.5, 0.6) is 0 Å². The molecule has 0 unspecified atom stereocenters. The third-order valence-corrected chi connectivity index (χ3v) is 5.45. The van der Waals surface area contributed by atoms with Gasteiger partial charge in [0.15, 0.2) is 10.7 Å². The third kappa shape index (κ3) is 3.62. The first-order valence-corrected chi connectivity index (χ1v) is 9.59. The lowest BCUT2D eigenvalue weighted by molar-refractivity contribution is 0.555. The zero-order chi connectivity index (χ0) is 16.4. The van der Waals surface area contributed by atoms with Gasteiger partial charge in [0, 0.05) is 10.9 Å². The molecule has 122 valence electrons. The molecule has 9 heteroatoms. The van der Waals surface area contributed by atoms with Crippen molar-refractivity contribution in [3.63, 3.8) is 0 Å². The van der Waals surface area contributed by atoms with Gasteiger partial charge in [-0.15, -0.1) is 11.3 Å².